The zero-order chi connectivity index (χ0) is 17.6. The minimum atomic E-state index is -0.652. The first kappa shape index (κ1) is 15.9. The molecule has 0 aliphatic carbocycles. The number of hydrogen-bond donors (Lipinski definition) is 0. The van der Waals surface area contributed by atoms with Gasteiger partial charge in [-0.05, 0) is 6.07 Å². The van der Waals surface area contributed by atoms with Gasteiger partial charge in [0.25, 0.3) is 5.91 Å². The molecule has 2 aromatic heterocycles. The molecule has 1 aliphatic heterocycles. The summed E-state index contributed by atoms with van der Waals surface area (Å²) < 4.78 is 29.3. The van der Waals surface area contributed by atoms with E-state index in [1.807, 2.05) is 4.90 Å². The van der Waals surface area contributed by atoms with E-state index in [1.54, 1.807) is 28.9 Å². The van der Waals surface area contributed by atoms with Crippen LogP contribution in [-0.2, 0) is 7.05 Å². The Morgan fingerprint density at radius 2 is 1.96 bits per heavy atom. The number of imidazole rings is 1. The maximum Gasteiger partial charge on any atom is 0.289 e. The molecule has 3 aromatic rings. The highest BCUT2D eigenvalue weighted by Crippen LogP contribution is 2.31. The van der Waals surface area contributed by atoms with Crippen LogP contribution in [0.3, 0.4) is 0 Å². The maximum atomic E-state index is 13.8. The molecule has 1 saturated heterocycles. The Balaban J connectivity index is 1.49. The Labute approximate surface area is 146 Å². The topological polar surface area (TPSA) is 54.3 Å². The molecule has 0 spiro atoms. The molecule has 0 unspecified atom stereocenters. The van der Waals surface area contributed by atoms with E-state index in [1.165, 1.54) is 17.4 Å². The van der Waals surface area contributed by atoms with Crippen LogP contribution >= 0.6 is 11.3 Å². The molecule has 3 heterocycles. The van der Waals surface area contributed by atoms with E-state index in [2.05, 4.69) is 9.97 Å². The largest absolute Gasteiger partial charge is 0.345 e. The van der Waals surface area contributed by atoms with Crippen LogP contribution in [0.5, 0.6) is 0 Å². The summed E-state index contributed by atoms with van der Waals surface area (Å²) >= 11 is 1.26. The van der Waals surface area contributed by atoms with Crippen molar-refractivity contribution in [1.29, 1.82) is 0 Å². The van der Waals surface area contributed by atoms with Gasteiger partial charge in [-0.3, -0.25) is 4.79 Å². The number of fused-ring (bicyclic) bond motifs is 1. The van der Waals surface area contributed by atoms with Gasteiger partial charge >= 0.3 is 0 Å². The molecule has 25 heavy (non-hydrogen) atoms. The van der Waals surface area contributed by atoms with Gasteiger partial charge in [-0.2, -0.15) is 0 Å². The quantitative estimate of drug-likeness (QED) is 0.701. The van der Waals surface area contributed by atoms with Crippen molar-refractivity contribution < 1.29 is 13.6 Å². The van der Waals surface area contributed by atoms with Crippen molar-refractivity contribution in [2.75, 3.05) is 31.1 Å². The van der Waals surface area contributed by atoms with E-state index < -0.39 is 11.6 Å². The molecule has 9 heteroatoms. The molecule has 4 rings (SSSR count). The third-order valence-electron chi connectivity index (χ3n) is 4.25. The normalized spacial score (nSPS) is 15.2. The van der Waals surface area contributed by atoms with Gasteiger partial charge in [-0.25, -0.2) is 18.7 Å². The number of carbonyl (C=O) groups is 1. The fourth-order valence-electron chi connectivity index (χ4n) is 2.89. The average Bonchev–Trinajstić information content (AvgIpc) is 3.20. The van der Waals surface area contributed by atoms with Crippen molar-refractivity contribution >= 4 is 32.6 Å². The number of thiazole rings is 1. The highest BCUT2D eigenvalue weighted by atomic mass is 32.1. The third kappa shape index (κ3) is 2.84. The second-order valence-corrected chi connectivity index (χ2v) is 6.88. The zero-order valence-corrected chi connectivity index (χ0v) is 14.3. The lowest BCUT2D eigenvalue weighted by Crippen LogP contribution is -2.49. The lowest BCUT2D eigenvalue weighted by atomic mass is 10.3. The molecule has 0 bridgehead atoms. The molecule has 130 valence electrons. The van der Waals surface area contributed by atoms with Crippen LogP contribution in [0, 0.1) is 11.6 Å². The lowest BCUT2D eigenvalue weighted by Gasteiger charge is -2.34. The number of rotatable bonds is 2. The van der Waals surface area contributed by atoms with E-state index in [0.717, 1.165) is 6.07 Å². The van der Waals surface area contributed by atoms with Crippen LogP contribution in [0.2, 0.25) is 0 Å². The summed E-state index contributed by atoms with van der Waals surface area (Å²) in [6.45, 7) is 2.22. The van der Waals surface area contributed by atoms with Gasteiger partial charge < -0.3 is 14.4 Å². The van der Waals surface area contributed by atoms with Crippen LogP contribution in [0.15, 0.2) is 24.5 Å². The fourth-order valence-corrected chi connectivity index (χ4v) is 3.95. The smallest absolute Gasteiger partial charge is 0.289 e. The van der Waals surface area contributed by atoms with E-state index in [0.29, 0.717) is 41.8 Å². The number of halogens is 2. The highest BCUT2D eigenvalue weighted by Gasteiger charge is 2.26. The second kappa shape index (κ2) is 6.07. The van der Waals surface area contributed by atoms with Crippen molar-refractivity contribution in [3.8, 4) is 0 Å². The third-order valence-corrected chi connectivity index (χ3v) is 5.31. The molecule has 1 amide bonds. The molecule has 0 N–H and O–H groups in total. The number of aryl methyl sites for hydroxylation is 1. The fraction of sp³-hybridized carbons (Fsp3) is 0.312. The predicted molar refractivity (Wildman–Crippen MR) is 90.9 cm³/mol. The van der Waals surface area contributed by atoms with Gasteiger partial charge in [-0.15, -0.1) is 0 Å². The van der Waals surface area contributed by atoms with Crippen LogP contribution in [0.4, 0.5) is 13.9 Å². The van der Waals surface area contributed by atoms with E-state index in [-0.39, 0.29) is 11.4 Å². The van der Waals surface area contributed by atoms with Crippen molar-refractivity contribution in [3.63, 3.8) is 0 Å². The zero-order valence-electron chi connectivity index (χ0n) is 13.4. The monoisotopic (exact) mass is 363 g/mol. The van der Waals surface area contributed by atoms with Crippen molar-refractivity contribution in [1.82, 2.24) is 19.4 Å². The second-order valence-electron chi connectivity index (χ2n) is 5.87. The molecule has 1 fully saturated rings. The van der Waals surface area contributed by atoms with Gasteiger partial charge in [0.05, 0.1) is 4.70 Å². The summed E-state index contributed by atoms with van der Waals surface area (Å²) in [5.41, 5.74) is 0.188. The number of anilines is 1. The molecule has 0 saturated carbocycles. The summed E-state index contributed by atoms with van der Waals surface area (Å²) in [4.78, 5) is 24.6. The summed E-state index contributed by atoms with van der Waals surface area (Å²) in [5, 5.41) is 0.642. The lowest BCUT2D eigenvalue weighted by molar-refractivity contribution is 0.0731. The molecule has 1 aliphatic rings. The van der Waals surface area contributed by atoms with E-state index in [4.69, 9.17) is 0 Å². The molecule has 0 radical (unpaired) electrons. The molecular formula is C16H15F2N5OS. The van der Waals surface area contributed by atoms with Crippen LogP contribution in [0.25, 0.3) is 10.2 Å². The van der Waals surface area contributed by atoms with Gasteiger partial charge in [-0.1, -0.05) is 11.3 Å². The first-order valence-electron chi connectivity index (χ1n) is 7.80. The Bertz CT molecular complexity index is 945. The number of hydrogen-bond acceptors (Lipinski definition) is 5. The molecule has 1 aromatic carbocycles. The summed E-state index contributed by atoms with van der Waals surface area (Å²) in [6.07, 6.45) is 3.33. The Morgan fingerprint density at radius 3 is 2.64 bits per heavy atom. The summed E-state index contributed by atoms with van der Waals surface area (Å²) in [6, 6.07) is 2.13. The molecular weight excluding hydrogens is 348 g/mol. The molecule has 6 nitrogen and oxygen atoms in total. The van der Waals surface area contributed by atoms with Crippen LogP contribution in [-0.4, -0.2) is 51.5 Å². The minimum Gasteiger partial charge on any atom is -0.345 e. The summed E-state index contributed by atoms with van der Waals surface area (Å²) in [5.74, 6) is -0.956. The number of piperazine rings is 1. The Morgan fingerprint density at radius 1 is 1.20 bits per heavy atom. The van der Waals surface area contributed by atoms with E-state index >= 15 is 0 Å². The van der Waals surface area contributed by atoms with Crippen LogP contribution in [0.1, 0.15) is 10.6 Å². The Kier molecular flexibility index (Phi) is 3.87. The predicted octanol–water partition coefficient (Wildman–Crippen LogP) is 2.27. The van der Waals surface area contributed by atoms with Gasteiger partial charge in [0.1, 0.15) is 11.3 Å². The first-order valence-corrected chi connectivity index (χ1v) is 8.62. The number of carbonyl (C=O) groups excluding carboxylic acids is 1. The van der Waals surface area contributed by atoms with Crippen molar-refractivity contribution in [2.45, 2.75) is 0 Å². The maximum absolute atomic E-state index is 13.8. The number of aromatic nitrogens is 3. The van der Waals surface area contributed by atoms with Gasteiger partial charge in [0.15, 0.2) is 16.8 Å². The highest BCUT2D eigenvalue weighted by molar-refractivity contribution is 7.22. The summed E-state index contributed by atoms with van der Waals surface area (Å²) in [7, 11) is 1.78. The van der Waals surface area contributed by atoms with Crippen LogP contribution < -0.4 is 4.90 Å². The minimum absolute atomic E-state index is 0.107. The average molecular weight is 363 g/mol. The standard InChI is InChI=1S/C16H15F2N5OS/c1-21-3-2-19-14(21)15(24)22-4-6-23(7-5-22)16-20-13-11(18)8-10(17)9-12(13)25-16/h2-3,8-9H,4-7H2,1H3. The Hall–Kier alpha value is -2.55. The first-order chi connectivity index (χ1) is 12.0. The van der Waals surface area contributed by atoms with Crippen molar-refractivity contribution in [2.24, 2.45) is 7.05 Å². The van der Waals surface area contributed by atoms with E-state index in [9.17, 15) is 13.6 Å². The SMILES string of the molecule is Cn1ccnc1C(=O)N1CCN(c2nc3c(F)cc(F)cc3s2)CC1. The number of amides is 1. The van der Waals surface area contributed by atoms with Gasteiger partial charge in [0, 0.05) is 51.7 Å². The number of nitrogens with zero attached hydrogens (tertiary/aromatic N) is 5. The molecule has 0 atom stereocenters. The number of benzene rings is 1. The van der Waals surface area contributed by atoms with Gasteiger partial charge in [0.2, 0.25) is 0 Å². The van der Waals surface area contributed by atoms with Crippen molar-refractivity contribution in [3.05, 3.63) is 42.0 Å².